The first-order valence-electron chi connectivity index (χ1n) is 8.44. The SMILES string of the molecule is CN(C)C(=O)NCC[C@H]1CN(C2CCOCC2)Cc2ccnn21. The zero-order chi connectivity index (χ0) is 16.2. The second-order valence-corrected chi connectivity index (χ2v) is 6.61. The van der Waals surface area contributed by atoms with Gasteiger partial charge >= 0.3 is 6.03 Å². The number of hydrogen-bond acceptors (Lipinski definition) is 4. The van der Waals surface area contributed by atoms with Crippen molar-refractivity contribution < 1.29 is 9.53 Å². The van der Waals surface area contributed by atoms with E-state index >= 15 is 0 Å². The molecule has 1 aromatic rings. The molecule has 7 heteroatoms. The minimum absolute atomic E-state index is 0.0391. The Kier molecular flexibility index (Phi) is 5.17. The molecule has 0 spiro atoms. The summed E-state index contributed by atoms with van der Waals surface area (Å²) in [5, 5.41) is 7.45. The number of nitrogens with one attached hydrogen (secondary N) is 1. The third kappa shape index (κ3) is 3.84. The molecule has 0 bridgehead atoms. The minimum atomic E-state index is -0.0391. The molecule has 23 heavy (non-hydrogen) atoms. The number of urea groups is 1. The van der Waals surface area contributed by atoms with Crippen molar-refractivity contribution in [2.75, 3.05) is 40.4 Å². The summed E-state index contributed by atoms with van der Waals surface area (Å²) in [6.07, 6.45) is 5.00. The average Bonchev–Trinajstić information content (AvgIpc) is 3.04. The second-order valence-electron chi connectivity index (χ2n) is 6.61. The van der Waals surface area contributed by atoms with Crippen LogP contribution in [-0.4, -0.2) is 72.1 Å². The molecule has 2 amide bonds. The van der Waals surface area contributed by atoms with Crippen LogP contribution in [0.25, 0.3) is 0 Å². The summed E-state index contributed by atoms with van der Waals surface area (Å²) in [6.45, 7) is 4.36. The van der Waals surface area contributed by atoms with Crippen molar-refractivity contribution in [1.82, 2.24) is 24.9 Å². The Labute approximate surface area is 137 Å². The summed E-state index contributed by atoms with van der Waals surface area (Å²) >= 11 is 0. The number of carbonyl (C=O) groups is 1. The largest absolute Gasteiger partial charge is 0.381 e. The summed E-state index contributed by atoms with van der Waals surface area (Å²) < 4.78 is 7.63. The van der Waals surface area contributed by atoms with E-state index in [1.54, 1.807) is 19.0 Å². The Morgan fingerprint density at radius 3 is 2.96 bits per heavy atom. The molecule has 7 nitrogen and oxygen atoms in total. The number of carbonyl (C=O) groups excluding carboxylic acids is 1. The van der Waals surface area contributed by atoms with Gasteiger partial charge in [0.05, 0.1) is 11.7 Å². The molecule has 0 unspecified atom stereocenters. The van der Waals surface area contributed by atoms with E-state index in [1.807, 2.05) is 6.20 Å². The van der Waals surface area contributed by atoms with Crippen molar-refractivity contribution in [1.29, 1.82) is 0 Å². The Hall–Kier alpha value is -1.60. The number of amides is 2. The highest BCUT2D eigenvalue weighted by Gasteiger charge is 2.30. The maximum absolute atomic E-state index is 11.7. The Morgan fingerprint density at radius 1 is 1.43 bits per heavy atom. The molecule has 2 aliphatic heterocycles. The summed E-state index contributed by atoms with van der Waals surface area (Å²) in [4.78, 5) is 15.8. The molecule has 0 radical (unpaired) electrons. The average molecular weight is 321 g/mol. The fraction of sp³-hybridized carbons (Fsp3) is 0.750. The summed E-state index contributed by atoms with van der Waals surface area (Å²) in [5.74, 6) is 0. The van der Waals surface area contributed by atoms with Gasteiger partial charge in [-0.3, -0.25) is 9.58 Å². The second kappa shape index (κ2) is 7.31. The summed E-state index contributed by atoms with van der Waals surface area (Å²) in [5.41, 5.74) is 1.27. The zero-order valence-electron chi connectivity index (χ0n) is 14.1. The van der Waals surface area contributed by atoms with Crippen LogP contribution in [0.2, 0.25) is 0 Å². The zero-order valence-corrected chi connectivity index (χ0v) is 14.1. The van der Waals surface area contributed by atoms with Crippen LogP contribution in [0.15, 0.2) is 12.3 Å². The van der Waals surface area contributed by atoms with Crippen molar-refractivity contribution in [3.63, 3.8) is 0 Å². The standard InChI is InChI=1S/C16H27N5O2/c1-19(2)16(22)17-7-3-14-11-20(13-5-9-23-10-6-13)12-15-4-8-18-21(14)15/h4,8,13-14H,3,5-7,9-12H2,1-2H3,(H,17,22)/t14-/m0/s1. The number of hydrogen-bond donors (Lipinski definition) is 1. The van der Waals surface area contributed by atoms with Gasteiger partial charge in [-0.15, -0.1) is 0 Å². The van der Waals surface area contributed by atoms with Gasteiger partial charge in [-0.25, -0.2) is 4.79 Å². The highest BCUT2D eigenvalue weighted by atomic mass is 16.5. The highest BCUT2D eigenvalue weighted by Crippen LogP contribution is 2.27. The molecule has 1 fully saturated rings. The molecule has 1 saturated heterocycles. The van der Waals surface area contributed by atoms with Crippen molar-refractivity contribution in [2.45, 2.75) is 37.9 Å². The first kappa shape index (κ1) is 16.3. The highest BCUT2D eigenvalue weighted by molar-refractivity contribution is 5.73. The quantitative estimate of drug-likeness (QED) is 0.901. The van der Waals surface area contributed by atoms with Crippen LogP contribution in [0, 0.1) is 0 Å². The predicted molar refractivity (Wildman–Crippen MR) is 87.2 cm³/mol. The number of ether oxygens (including phenoxy) is 1. The number of fused-ring (bicyclic) bond motifs is 1. The first-order valence-corrected chi connectivity index (χ1v) is 8.44. The Bertz CT molecular complexity index is 524. The van der Waals surface area contributed by atoms with Gasteiger partial charge in [0.15, 0.2) is 0 Å². The molecule has 1 N–H and O–H groups in total. The van der Waals surface area contributed by atoms with E-state index in [4.69, 9.17) is 4.74 Å². The van der Waals surface area contributed by atoms with E-state index in [2.05, 4.69) is 26.1 Å². The van der Waals surface area contributed by atoms with Gasteiger partial charge in [-0.05, 0) is 25.3 Å². The van der Waals surface area contributed by atoms with E-state index in [1.165, 1.54) is 5.69 Å². The predicted octanol–water partition coefficient (Wildman–Crippen LogP) is 1.08. The Balaban J connectivity index is 1.61. The normalized spacial score (nSPS) is 22.6. The molecule has 0 aromatic carbocycles. The van der Waals surface area contributed by atoms with Crippen molar-refractivity contribution in [2.24, 2.45) is 0 Å². The van der Waals surface area contributed by atoms with E-state index in [0.29, 0.717) is 18.6 Å². The van der Waals surface area contributed by atoms with Gasteiger partial charge in [0.2, 0.25) is 0 Å². The van der Waals surface area contributed by atoms with Crippen molar-refractivity contribution in [3.8, 4) is 0 Å². The van der Waals surface area contributed by atoms with Crippen LogP contribution in [0.1, 0.15) is 31.0 Å². The lowest BCUT2D eigenvalue weighted by atomic mass is 10.0. The molecule has 1 atom stereocenters. The maximum atomic E-state index is 11.7. The van der Waals surface area contributed by atoms with Gasteiger partial charge in [-0.2, -0.15) is 5.10 Å². The topological polar surface area (TPSA) is 62.6 Å². The molecule has 128 valence electrons. The molecule has 3 heterocycles. The van der Waals surface area contributed by atoms with E-state index in [0.717, 1.165) is 45.6 Å². The first-order chi connectivity index (χ1) is 11.1. The lowest BCUT2D eigenvalue weighted by Crippen LogP contribution is -2.46. The minimum Gasteiger partial charge on any atom is -0.381 e. The maximum Gasteiger partial charge on any atom is 0.316 e. The molecule has 3 rings (SSSR count). The van der Waals surface area contributed by atoms with Crippen LogP contribution in [0.5, 0.6) is 0 Å². The van der Waals surface area contributed by atoms with Gasteiger partial charge in [0.25, 0.3) is 0 Å². The van der Waals surface area contributed by atoms with Crippen molar-refractivity contribution >= 4 is 6.03 Å². The van der Waals surface area contributed by atoms with Crippen LogP contribution < -0.4 is 5.32 Å². The molecular weight excluding hydrogens is 294 g/mol. The lowest BCUT2D eigenvalue weighted by Gasteiger charge is -2.40. The molecule has 0 aliphatic carbocycles. The van der Waals surface area contributed by atoms with Gasteiger partial charge in [0.1, 0.15) is 0 Å². The summed E-state index contributed by atoms with van der Waals surface area (Å²) in [7, 11) is 3.52. The molecule has 0 saturated carbocycles. The van der Waals surface area contributed by atoms with Crippen LogP contribution in [0.3, 0.4) is 0 Å². The van der Waals surface area contributed by atoms with Crippen LogP contribution >= 0.6 is 0 Å². The number of rotatable bonds is 4. The van der Waals surface area contributed by atoms with E-state index in [-0.39, 0.29) is 6.03 Å². The fourth-order valence-corrected chi connectivity index (χ4v) is 3.46. The Morgan fingerprint density at radius 2 is 2.22 bits per heavy atom. The monoisotopic (exact) mass is 321 g/mol. The van der Waals surface area contributed by atoms with Crippen molar-refractivity contribution in [3.05, 3.63) is 18.0 Å². The molecular formula is C16H27N5O2. The number of nitrogens with zero attached hydrogens (tertiary/aromatic N) is 4. The third-order valence-electron chi connectivity index (χ3n) is 4.78. The fourth-order valence-electron chi connectivity index (χ4n) is 3.46. The molecule has 2 aliphatic rings. The van der Waals surface area contributed by atoms with Gasteiger partial charge in [-0.1, -0.05) is 0 Å². The van der Waals surface area contributed by atoms with Gasteiger partial charge < -0.3 is 15.0 Å². The molecule has 1 aromatic heterocycles. The lowest BCUT2D eigenvalue weighted by molar-refractivity contribution is 0.0158. The third-order valence-corrected chi connectivity index (χ3v) is 4.78. The summed E-state index contributed by atoms with van der Waals surface area (Å²) in [6, 6.07) is 2.99. The smallest absolute Gasteiger partial charge is 0.316 e. The van der Waals surface area contributed by atoms with E-state index in [9.17, 15) is 4.79 Å². The van der Waals surface area contributed by atoms with E-state index < -0.39 is 0 Å². The van der Waals surface area contributed by atoms with Gasteiger partial charge in [0, 0.05) is 59.2 Å². The number of aromatic nitrogens is 2. The van der Waals surface area contributed by atoms with Crippen LogP contribution in [0.4, 0.5) is 4.79 Å². The van der Waals surface area contributed by atoms with Crippen LogP contribution in [-0.2, 0) is 11.3 Å².